The number of hydrogen-bond acceptors (Lipinski definition) is 5. The molecule has 4 aliphatic carbocycles. The first-order valence-electron chi connectivity index (χ1n) is 15.5. The van der Waals surface area contributed by atoms with Gasteiger partial charge in [-0.15, -0.1) is 0 Å². The van der Waals surface area contributed by atoms with Gasteiger partial charge in [-0.05, 0) is 94.1 Å². The van der Waals surface area contributed by atoms with Gasteiger partial charge in [0.1, 0.15) is 12.1 Å². The zero-order valence-corrected chi connectivity index (χ0v) is 23.5. The highest BCUT2D eigenvalue weighted by atomic mass is 16.5. The van der Waals surface area contributed by atoms with Crippen LogP contribution < -0.4 is 15.5 Å². The van der Waals surface area contributed by atoms with E-state index >= 15 is 0 Å². The third-order valence-corrected chi connectivity index (χ3v) is 10.8. The van der Waals surface area contributed by atoms with E-state index in [2.05, 4.69) is 15.5 Å². The molecule has 9 heteroatoms. The first-order valence-corrected chi connectivity index (χ1v) is 15.5. The van der Waals surface area contributed by atoms with Crippen LogP contribution in [0.3, 0.4) is 0 Å². The van der Waals surface area contributed by atoms with E-state index in [1.54, 1.807) is 4.90 Å². The predicted molar refractivity (Wildman–Crippen MR) is 150 cm³/mol. The molecule has 1 aromatic carbocycles. The molecule has 2 N–H and O–H groups in total. The molecule has 8 rings (SSSR count). The zero-order valence-electron chi connectivity index (χ0n) is 23.5. The molecule has 3 aliphatic heterocycles. The molecule has 216 valence electrons. The average Bonchev–Trinajstić information content (AvgIpc) is 3.55. The summed E-state index contributed by atoms with van der Waals surface area (Å²) in [5.74, 6) is 2.17. The summed E-state index contributed by atoms with van der Waals surface area (Å²) in [5.41, 5.74) is 0.214. The van der Waals surface area contributed by atoms with Crippen LogP contribution in [0, 0.1) is 17.8 Å². The number of para-hydroxylation sites is 1. The van der Waals surface area contributed by atoms with Gasteiger partial charge < -0.3 is 30.1 Å². The number of carbonyl (C=O) groups is 3. The number of piperidine rings is 1. The predicted octanol–water partition coefficient (Wildman–Crippen LogP) is 3.10. The highest BCUT2D eigenvalue weighted by Crippen LogP contribution is 2.55. The van der Waals surface area contributed by atoms with E-state index in [1.807, 2.05) is 35.2 Å². The number of likely N-dealkylation sites (tertiary alicyclic amines) is 1. The Morgan fingerprint density at radius 1 is 0.975 bits per heavy atom. The van der Waals surface area contributed by atoms with Crippen molar-refractivity contribution in [2.24, 2.45) is 17.8 Å². The molecular formula is C31H43N5O4. The van der Waals surface area contributed by atoms with Gasteiger partial charge in [-0.1, -0.05) is 18.2 Å². The highest BCUT2D eigenvalue weighted by Gasteiger charge is 2.55. The summed E-state index contributed by atoms with van der Waals surface area (Å²) in [7, 11) is 0. The summed E-state index contributed by atoms with van der Waals surface area (Å²) < 4.78 is 5.62. The van der Waals surface area contributed by atoms with Gasteiger partial charge >= 0.3 is 6.03 Å². The number of benzene rings is 1. The number of rotatable bonds is 6. The smallest absolute Gasteiger partial charge is 0.317 e. The number of nitrogens with zero attached hydrogens (tertiary/aromatic N) is 3. The van der Waals surface area contributed by atoms with Crippen molar-refractivity contribution in [3.8, 4) is 0 Å². The van der Waals surface area contributed by atoms with Gasteiger partial charge in [-0.25, -0.2) is 4.79 Å². The van der Waals surface area contributed by atoms with Gasteiger partial charge in [0, 0.05) is 37.5 Å². The maximum absolute atomic E-state index is 14.0. The van der Waals surface area contributed by atoms with Gasteiger partial charge in [-0.2, -0.15) is 0 Å². The number of nitrogens with one attached hydrogen (secondary N) is 2. The standard InChI is InChI=1S/C31H43N5O4/c37-27(32-19-26-7-4-12-40-26)20-35-21-36(25-5-2-1-3-6-25)31(28(35)38)8-10-34(11-9-31)29(39)33-30-16-22-13-23(17-30)15-24(14-22)18-30/h1-3,5-6,22-24,26H,4,7-21H2,(H,32,37)(H,33,39). The minimum Gasteiger partial charge on any atom is -0.376 e. The van der Waals surface area contributed by atoms with Crippen LogP contribution in [0.1, 0.15) is 64.2 Å². The molecule has 3 saturated heterocycles. The van der Waals surface area contributed by atoms with Gasteiger partial charge in [0.15, 0.2) is 0 Å². The van der Waals surface area contributed by atoms with Crippen molar-refractivity contribution >= 4 is 23.5 Å². The summed E-state index contributed by atoms with van der Waals surface area (Å²) >= 11 is 0. The summed E-state index contributed by atoms with van der Waals surface area (Å²) in [6.07, 6.45) is 10.6. The lowest BCUT2D eigenvalue weighted by Gasteiger charge is -2.57. The summed E-state index contributed by atoms with van der Waals surface area (Å²) in [6, 6.07) is 10.0. The molecule has 4 bridgehead atoms. The maximum atomic E-state index is 14.0. The zero-order chi connectivity index (χ0) is 27.3. The van der Waals surface area contributed by atoms with Crippen molar-refractivity contribution in [2.75, 3.05) is 44.4 Å². The van der Waals surface area contributed by atoms with E-state index in [-0.39, 0.29) is 36.0 Å². The molecule has 1 aromatic rings. The summed E-state index contributed by atoms with van der Waals surface area (Å²) in [4.78, 5) is 46.1. The molecule has 0 aromatic heterocycles. The van der Waals surface area contributed by atoms with Crippen molar-refractivity contribution in [1.82, 2.24) is 20.4 Å². The molecule has 7 fully saturated rings. The molecule has 1 atom stereocenters. The van der Waals surface area contributed by atoms with Crippen LogP contribution in [0.25, 0.3) is 0 Å². The Hall–Kier alpha value is -2.81. The fraction of sp³-hybridized carbons (Fsp3) is 0.710. The molecule has 1 spiro atoms. The number of urea groups is 1. The summed E-state index contributed by atoms with van der Waals surface area (Å²) in [5, 5.41) is 6.48. The van der Waals surface area contributed by atoms with E-state index in [1.165, 1.54) is 19.3 Å². The van der Waals surface area contributed by atoms with Crippen molar-refractivity contribution in [3.63, 3.8) is 0 Å². The summed E-state index contributed by atoms with van der Waals surface area (Å²) in [6.45, 7) is 2.71. The first-order chi connectivity index (χ1) is 19.4. The Kier molecular flexibility index (Phi) is 6.68. The lowest BCUT2D eigenvalue weighted by molar-refractivity contribution is -0.137. The second-order valence-electron chi connectivity index (χ2n) is 13.5. The third-order valence-electron chi connectivity index (χ3n) is 10.8. The molecule has 7 aliphatic rings. The third kappa shape index (κ3) is 4.74. The normalized spacial score (nSPS) is 34.1. The number of carbonyl (C=O) groups excluding carboxylic acids is 3. The maximum Gasteiger partial charge on any atom is 0.317 e. The van der Waals surface area contributed by atoms with Gasteiger partial charge in [0.2, 0.25) is 5.91 Å². The number of amides is 4. The van der Waals surface area contributed by atoms with Crippen LogP contribution >= 0.6 is 0 Å². The minimum atomic E-state index is -0.742. The molecule has 3 heterocycles. The fourth-order valence-electron chi connectivity index (χ4n) is 9.23. The van der Waals surface area contributed by atoms with Crippen LogP contribution in [-0.4, -0.2) is 84.3 Å². The highest BCUT2D eigenvalue weighted by molar-refractivity contribution is 5.96. The van der Waals surface area contributed by atoms with Crippen molar-refractivity contribution in [2.45, 2.75) is 81.4 Å². The number of ether oxygens (including phenoxy) is 1. The van der Waals surface area contributed by atoms with Crippen LogP contribution in [0.15, 0.2) is 30.3 Å². The lowest BCUT2D eigenvalue weighted by Crippen LogP contribution is -2.64. The van der Waals surface area contributed by atoms with E-state index in [0.717, 1.165) is 62.2 Å². The Balaban J connectivity index is 1.02. The molecular weight excluding hydrogens is 506 g/mol. The monoisotopic (exact) mass is 549 g/mol. The largest absolute Gasteiger partial charge is 0.376 e. The van der Waals surface area contributed by atoms with E-state index < -0.39 is 5.54 Å². The molecule has 4 saturated carbocycles. The lowest BCUT2D eigenvalue weighted by atomic mass is 9.53. The molecule has 40 heavy (non-hydrogen) atoms. The Morgan fingerprint density at radius 2 is 1.65 bits per heavy atom. The van der Waals surface area contributed by atoms with Gasteiger partial charge in [0.25, 0.3) is 5.91 Å². The second kappa shape index (κ2) is 10.2. The van der Waals surface area contributed by atoms with Crippen molar-refractivity contribution in [3.05, 3.63) is 30.3 Å². The van der Waals surface area contributed by atoms with Gasteiger partial charge in [-0.3, -0.25) is 9.59 Å². The molecule has 9 nitrogen and oxygen atoms in total. The Morgan fingerprint density at radius 3 is 2.27 bits per heavy atom. The topological polar surface area (TPSA) is 94.2 Å². The van der Waals surface area contributed by atoms with Gasteiger partial charge in [0.05, 0.1) is 12.8 Å². The van der Waals surface area contributed by atoms with Crippen LogP contribution in [0.4, 0.5) is 10.5 Å². The van der Waals surface area contributed by atoms with Crippen LogP contribution in [-0.2, 0) is 14.3 Å². The number of hydrogen-bond donors (Lipinski definition) is 2. The van der Waals surface area contributed by atoms with Crippen LogP contribution in [0.5, 0.6) is 0 Å². The SMILES string of the molecule is O=C(CN1CN(c2ccccc2)C2(CCN(C(=O)NC34CC5CC(CC(C5)C3)C4)CC2)C1=O)NCC1CCCO1. The van der Waals surface area contributed by atoms with Crippen molar-refractivity contribution in [1.29, 1.82) is 0 Å². The Labute approximate surface area is 236 Å². The van der Waals surface area contributed by atoms with E-state index in [0.29, 0.717) is 39.1 Å². The second-order valence-corrected chi connectivity index (χ2v) is 13.5. The van der Waals surface area contributed by atoms with E-state index in [4.69, 9.17) is 4.74 Å². The molecule has 1 unspecified atom stereocenters. The molecule has 0 radical (unpaired) electrons. The molecule has 4 amide bonds. The number of anilines is 1. The minimum absolute atomic E-state index is 0.00948. The quantitative estimate of drug-likeness (QED) is 0.569. The van der Waals surface area contributed by atoms with E-state index in [9.17, 15) is 14.4 Å². The first kappa shape index (κ1) is 26.1. The van der Waals surface area contributed by atoms with Crippen molar-refractivity contribution < 1.29 is 19.1 Å². The Bertz CT molecular complexity index is 1090. The average molecular weight is 550 g/mol. The fourth-order valence-corrected chi connectivity index (χ4v) is 9.23. The van der Waals surface area contributed by atoms with Crippen LogP contribution in [0.2, 0.25) is 0 Å².